The molecule has 0 radical (unpaired) electrons. The summed E-state index contributed by atoms with van der Waals surface area (Å²) < 4.78 is 18.4. The Morgan fingerprint density at radius 1 is 1.31 bits per heavy atom. The largest absolute Gasteiger partial charge is 0.493 e. The Hall–Kier alpha value is -3.82. The van der Waals surface area contributed by atoms with Crippen LogP contribution in [0, 0.1) is 15.9 Å². The van der Waals surface area contributed by atoms with E-state index in [4.69, 9.17) is 4.74 Å². The Kier molecular flexibility index (Phi) is 4.56. The zero-order valence-corrected chi connectivity index (χ0v) is 13.0. The fourth-order valence-corrected chi connectivity index (χ4v) is 2.24. The first-order valence-electron chi connectivity index (χ1n) is 7.26. The van der Waals surface area contributed by atoms with E-state index in [1.807, 2.05) is 0 Å². The van der Waals surface area contributed by atoms with Crippen molar-refractivity contribution in [2.24, 2.45) is 10.2 Å². The van der Waals surface area contributed by atoms with Crippen LogP contribution in [0.2, 0.25) is 0 Å². The number of azo groups is 1. The molecule has 0 spiro atoms. The summed E-state index contributed by atoms with van der Waals surface area (Å²) in [5, 5.41) is 27.9. The SMILES string of the molecule is O=C(COc1ccccc1[N+](=O)[O-])N=Nc1c(O)[nH]c2ccc(F)cc12. The Balaban J connectivity index is 1.74. The predicted molar refractivity (Wildman–Crippen MR) is 88.0 cm³/mol. The lowest BCUT2D eigenvalue weighted by molar-refractivity contribution is -0.385. The number of aromatic hydroxyl groups is 1. The van der Waals surface area contributed by atoms with Crippen LogP contribution in [0.15, 0.2) is 52.7 Å². The van der Waals surface area contributed by atoms with E-state index in [1.54, 1.807) is 0 Å². The number of H-pyrrole nitrogens is 1. The zero-order valence-electron chi connectivity index (χ0n) is 13.0. The highest BCUT2D eigenvalue weighted by Gasteiger charge is 2.15. The van der Waals surface area contributed by atoms with Gasteiger partial charge in [0.25, 0.3) is 0 Å². The molecular formula is C16H11FN4O5. The van der Waals surface area contributed by atoms with Crippen LogP contribution in [0.1, 0.15) is 0 Å². The number of ether oxygens (including phenoxy) is 1. The van der Waals surface area contributed by atoms with Gasteiger partial charge in [-0.05, 0) is 24.3 Å². The molecule has 0 unspecified atom stereocenters. The van der Waals surface area contributed by atoms with Crippen LogP contribution >= 0.6 is 0 Å². The first-order valence-corrected chi connectivity index (χ1v) is 7.26. The molecule has 10 heteroatoms. The summed E-state index contributed by atoms with van der Waals surface area (Å²) in [7, 11) is 0. The molecule has 0 saturated heterocycles. The van der Waals surface area contributed by atoms with Gasteiger partial charge in [0.2, 0.25) is 5.88 Å². The number of nitrogens with one attached hydrogen (secondary N) is 1. The summed E-state index contributed by atoms with van der Waals surface area (Å²) >= 11 is 0. The second-order valence-electron chi connectivity index (χ2n) is 5.12. The molecule has 2 aromatic carbocycles. The monoisotopic (exact) mass is 358 g/mol. The number of carbonyl (C=O) groups is 1. The van der Waals surface area contributed by atoms with Gasteiger partial charge < -0.3 is 14.8 Å². The number of hydrogen-bond acceptors (Lipinski definition) is 6. The molecule has 1 aromatic heterocycles. The van der Waals surface area contributed by atoms with Crippen LogP contribution in [0.5, 0.6) is 11.6 Å². The second-order valence-corrected chi connectivity index (χ2v) is 5.12. The molecule has 0 fully saturated rings. The highest BCUT2D eigenvalue weighted by atomic mass is 19.1. The summed E-state index contributed by atoms with van der Waals surface area (Å²) in [6, 6.07) is 9.30. The Morgan fingerprint density at radius 3 is 2.85 bits per heavy atom. The Labute approximate surface area is 144 Å². The number of nitro benzene ring substituents is 1. The van der Waals surface area contributed by atoms with Crippen LogP contribution in [0.3, 0.4) is 0 Å². The van der Waals surface area contributed by atoms with Gasteiger partial charge in [-0.25, -0.2) is 4.39 Å². The van der Waals surface area contributed by atoms with E-state index in [9.17, 15) is 24.4 Å². The van der Waals surface area contributed by atoms with Gasteiger partial charge in [-0.2, -0.15) is 0 Å². The lowest BCUT2D eigenvalue weighted by Crippen LogP contribution is -2.09. The fourth-order valence-electron chi connectivity index (χ4n) is 2.24. The normalized spacial score (nSPS) is 11.1. The maximum atomic E-state index is 13.3. The summed E-state index contributed by atoms with van der Waals surface area (Å²) in [4.78, 5) is 24.6. The maximum absolute atomic E-state index is 13.3. The van der Waals surface area contributed by atoms with Gasteiger partial charge in [0, 0.05) is 11.5 Å². The number of nitrogens with zero attached hydrogens (tertiary/aromatic N) is 3. The first-order chi connectivity index (χ1) is 12.5. The van der Waals surface area contributed by atoms with Gasteiger partial charge in [0.05, 0.1) is 10.4 Å². The molecule has 0 atom stereocenters. The van der Waals surface area contributed by atoms with Crippen molar-refractivity contribution in [3.8, 4) is 11.6 Å². The van der Waals surface area contributed by atoms with Crippen LogP contribution in [0.4, 0.5) is 15.8 Å². The Morgan fingerprint density at radius 2 is 2.08 bits per heavy atom. The van der Waals surface area contributed by atoms with Crippen molar-refractivity contribution in [3.63, 3.8) is 0 Å². The third-order valence-electron chi connectivity index (χ3n) is 3.39. The van der Waals surface area contributed by atoms with Gasteiger partial charge in [-0.3, -0.25) is 14.9 Å². The molecular weight excluding hydrogens is 347 g/mol. The van der Waals surface area contributed by atoms with E-state index in [1.165, 1.54) is 36.4 Å². The molecule has 132 valence electrons. The number of benzene rings is 2. The van der Waals surface area contributed by atoms with Gasteiger partial charge in [-0.15, -0.1) is 10.2 Å². The van der Waals surface area contributed by atoms with Gasteiger partial charge >= 0.3 is 11.6 Å². The van der Waals surface area contributed by atoms with Crippen LogP contribution in [-0.2, 0) is 4.79 Å². The van der Waals surface area contributed by atoms with Crippen LogP contribution in [-0.4, -0.2) is 27.5 Å². The maximum Gasteiger partial charge on any atom is 0.310 e. The molecule has 2 N–H and O–H groups in total. The molecule has 0 saturated carbocycles. The van der Waals surface area contributed by atoms with Crippen molar-refractivity contribution in [1.82, 2.24) is 4.98 Å². The predicted octanol–water partition coefficient (Wildman–Crippen LogP) is 3.61. The number of para-hydroxylation sites is 2. The minimum absolute atomic E-state index is 0.0851. The number of amides is 1. The number of aromatic amines is 1. The van der Waals surface area contributed by atoms with E-state index in [-0.39, 0.29) is 28.4 Å². The van der Waals surface area contributed by atoms with E-state index >= 15 is 0 Å². The third-order valence-corrected chi connectivity index (χ3v) is 3.39. The number of hydrogen-bond donors (Lipinski definition) is 2. The molecule has 0 aliphatic heterocycles. The Bertz CT molecular complexity index is 1030. The van der Waals surface area contributed by atoms with E-state index in [2.05, 4.69) is 15.2 Å². The number of carbonyl (C=O) groups excluding carboxylic acids is 1. The summed E-state index contributed by atoms with van der Waals surface area (Å²) in [5.74, 6) is -1.84. The van der Waals surface area contributed by atoms with Gasteiger partial charge in [0.1, 0.15) is 5.82 Å². The molecule has 9 nitrogen and oxygen atoms in total. The second kappa shape index (κ2) is 6.97. The summed E-state index contributed by atoms with van der Waals surface area (Å²) in [6.45, 7) is -0.591. The lowest BCUT2D eigenvalue weighted by Gasteiger charge is -2.03. The van der Waals surface area contributed by atoms with Gasteiger partial charge in [-0.1, -0.05) is 12.1 Å². The number of halogens is 1. The number of aromatic nitrogens is 1. The summed E-state index contributed by atoms with van der Waals surface area (Å²) in [6.07, 6.45) is 0. The molecule has 0 aliphatic carbocycles. The minimum Gasteiger partial charge on any atom is -0.493 e. The molecule has 1 amide bonds. The fraction of sp³-hybridized carbons (Fsp3) is 0.0625. The molecule has 26 heavy (non-hydrogen) atoms. The van der Waals surface area contributed by atoms with Crippen molar-refractivity contribution >= 4 is 28.2 Å². The van der Waals surface area contributed by atoms with Crippen molar-refractivity contribution in [2.45, 2.75) is 0 Å². The van der Waals surface area contributed by atoms with Crippen LogP contribution in [0.25, 0.3) is 10.9 Å². The molecule has 3 aromatic rings. The van der Waals surface area contributed by atoms with Gasteiger partial charge in [0.15, 0.2) is 18.0 Å². The molecule has 0 bridgehead atoms. The number of rotatable bonds is 5. The van der Waals surface area contributed by atoms with Crippen LogP contribution < -0.4 is 4.74 Å². The van der Waals surface area contributed by atoms with E-state index in [0.717, 1.165) is 6.07 Å². The molecule has 3 rings (SSSR count). The van der Waals surface area contributed by atoms with Crippen molar-refractivity contribution in [3.05, 3.63) is 58.4 Å². The average molecular weight is 358 g/mol. The number of nitro groups is 1. The van der Waals surface area contributed by atoms with E-state index < -0.39 is 23.3 Å². The van der Waals surface area contributed by atoms with Crippen molar-refractivity contribution in [1.29, 1.82) is 0 Å². The highest BCUT2D eigenvalue weighted by molar-refractivity contribution is 5.94. The zero-order chi connectivity index (χ0) is 18.7. The topological polar surface area (TPSA) is 130 Å². The average Bonchev–Trinajstić information content (AvgIpc) is 2.92. The minimum atomic E-state index is -0.840. The van der Waals surface area contributed by atoms with Crippen molar-refractivity contribution in [2.75, 3.05) is 6.61 Å². The first kappa shape index (κ1) is 17.0. The number of fused-ring (bicyclic) bond motifs is 1. The van der Waals surface area contributed by atoms with E-state index in [0.29, 0.717) is 5.52 Å². The standard InChI is InChI=1S/C16H11FN4O5/c17-9-5-6-11-10(7-9)15(16(23)18-11)20-19-14(22)8-26-13-4-2-1-3-12(13)21(24)25/h1-7,18,23H,8H2. The third kappa shape index (κ3) is 3.48. The highest BCUT2D eigenvalue weighted by Crippen LogP contribution is 2.35. The van der Waals surface area contributed by atoms with Crippen molar-refractivity contribution < 1.29 is 24.0 Å². The molecule has 1 heterocycles. The summed E-state index contributed by atoms with van der Waals surface area (Å²) in [5.41, 5.74) is 0.0296. The lowest BCUT2D eigenvalue weighted by atomic mass is 10.2. The smallest absolute Gasteiger partial charge is 0.310 e. The quantitative estimate of drug-likeness (QED) is 0.409. The molecule has 0 aliphatic rings.